The van der Waals surface area contributed by atoms with Gasteiger partial charge in [-0.05, 0) is 62.6 Å². The molecule has 0 spiro atoms. The van der Waals surface area contributed by atoms with E-state index >= 15 is 0 Å². The van der Waals surface area contributed by atoms with E-state index in [4.69, 9.17) is 4.74 Å². The van der Waals surface area contributed by atoms with Gasteiger partial charge in [-0.1, -0.05) is 12.1 Å². The Balaban J connectivity index is 1.71. The summed E-state index contributed by atoms with van der Waals surface area (Å²) in [5.41, 5.74) is 1.73. The fourth-order valence-corrected chi connectivity index (χ4v) is 3.11. The molecule has 1 N–H and O–H groups in total. The molecule has 0 aliphatic carbocycles. The van der Waals surface area contributed by atoms with Crippen molar-refractivity contribution in [2.75, 3.05) is 25.0 Å². The Hall–Kier alpha value is -2.82. The number of carbonyl (C=O) groups is 2. The summed E-state index contributed by atoms with van der Waals surface area (Å²) in [4.78, 5) is 27.0. The quantitative estimate of drug-likeness (QED) is 0.886. The van der Waals surface area contributed by atoms with Crippen LogP contribution in [0.15, 0.2) is 48.5 Å². The first-order chi connectivity index (χ1) is 12.7. The number of benzene rings is 2. The molecule has 0 saturated carbocycles. The van der Waals surface area contributed by atoms with Crippen LogP contribution in [0.5, 0.6) is 5.75 Å². The number of nitrogens with zero attached hydrogens (tertiary/aromatic N) is 1. The lowest BCUT2D eigenvalue weighted by atomic mass is 10.1. The van der Waals surface area contributed by atoms with Gasteiger partial charge in [0.2, 0.25) is 0 Å². The normalized spacial score (nSPS) is 14.0. The highest BCUT2D eigenvalue weighted by Gasteiger charge is 2.18. The molecular weight excluding hydrogens is 328 g/mol. The molecule has 0 atom stereocenters. The molecule has 0 radical (unpaired) electrons. The molecule has 2 amide bonds. The van der Waals surface area contributed by atoms with E-state index in [1.54, 1.807) is 42.5 Å². The van der Waals surface area contributed by atoms with Crippen LogP contribution in [0.2, 0.25) is 0 Å². The second kappa shape index (κ2) is 8.52. The molecule has 1 heterocycles. The Morgan fingerprint density at radius 3 is 2.50 bits per heavy atom. The number of hydrogen-bond donors (Lipinski definition) is 1. The Morgan fingerprint density at radius 1 is 1.00 bits per heavy atom. The fraction of sp³-hybridized carbons (Fsp3) is 0.333. The lowest BCUT2D eigenvalue weighted by Gasteiger charge is -2.26. The minimum Gasteiger partial charge on any atom is -0.494 e. The number of ether oxygens (including phenoxy) is 1. The molecule has 0 bridgehead atoms. The molecule has 1 aliphatic rings. The van der Waals surface area contributed by atoms with E-state index in [0.717, 1.165) is 25.9 Å². The first kappa shape index (κ1) is 18.0. The third-order valence-electron chi connectivity index (χ3n) is 4.42. The Bertz CT molecular complexity index is 782. The summed E-state index contributed by atoms with van der Waals surface area (Å²) in [5, 5.41) is 2.86. The van der Waals surface area contributed by atoms with Crippen molar-refractivity contribution in [3.05, 3.63) is 59.7 Å². The van der Waals surface area contributed by atoms with Gasteiger partial charge in [0.25, 0.3) is 11.8 Å². The van der Waals surface area contributed by atoms with E-state index in [1.165, 1.54) is 6.42 Å². The van der Waals surface area contributed by atoms with Crippen LogP contribution >= 0.6 is 0 Å². The molecule has 3 rings (SSSR count). The molecule has 0 aromatic heterocycles. The maximum absolute atomic E-state index is 12.6. The zero-order valence-corrected chi connectivity index (χ0v) is 15.0. The van der Waals surface area contributed by atoms with Crippen molar-refractivity contribution in [1.29, 1.82) is 0 Å². The van der Waals surface area contributed by atoms with Gasteiger partial charge in [0.05, 0.1) is 6.61 Å². The first-order valence-electron chi connectivity index (χ1n) is 9.11. The smallest absolute Gasteiger partial charge is 0.255 e. The number of carbonyl (C=O) groups excluding carboxylic acids is 2. The number of hydrogen-bond acceptors (Lipinski definition) is 3. The fourth-order valence-electron chi connectivity index (χ4n) is 3.11. The molecule has 5 nitrogen and oxygen atoms in total. The molecular formula is C21H24N2O3. The second-order valence-corrected chi connectivity index (χ2v) is 6.35. The van der Waals surface area contributed by atoms with Crippen LogP contribution in [0.1, 0.15) is 46.9 Å². The van der Waals surface area contributed by atoms with Crippen molar-refractivity contribution in [2.24, 2.45) is 0 Å². The van der Waals surface area contributed by atoms with E-state index in [0.29, 0.717) is 29.2 Å². The average molecular weight is 352 g/mol. The van der Waals surface area contributed by atoms with Crippen molar-refractivity contribution in [2.45, 2.75) is 26.2 Å². The van der Waals surface area contributed by atoms with Gasteiger partial charge in [-0.15, -0.1) is 0 Å². The van der Waals surface area contributed by atoms with Crippen molar-refractivity contribution in [3.8, 4) is 5.75 Å². The third kappa shape index (κ3) is 4.42. The summed E-state index contributed by atoms with van der Waals surface area (Å²) >= 11 is 0. The monoisotopic (exact) mass is 352 g/mol. The maximum atomic E-state index is 12.6. The molecule has 26 heavy (non-hydrogen) atoms. The Labute approximate surface area is 154 Å². The van der Waals surface area contributed by atoms with E-state index in [2.05, 4.69) is 5.32 Å². The lowest BCUT2D eigenvalue weighted by molar-refractivity contribution is 0.0724. The summed E-state index contributed by atoms with van der Waals surface area (Å²) in [6.45, 7) is 4.06. The molecule has 1 fully saturated rings. The van der Waals surface area contributed by atoms with Crippen LogP contribution in [0, 0.1) is 0 Å². The third-order valence-corrected chi connectivity index (χ3v) is 4.42. The Morgan fingerprint density at radius 2 is 1.73 bits per heavy atom. The van der Waals surface area contributed by atoms with E-state index in [9.17, 15) is 9.59 Å². The molecule has 1 saturated heterocycles. The van der Waals surface area contributed by atoms with Gasteiger partial charge < -0.3 is 15.0 Å². The van der Waals surface area contributed by atoms with E-state index in [1.807, 2.05) is 17.9 Å². The summed E-state index contributed by atoms with van der Waals surface area (Å²) in [5.74, 6) is 0.461. The van der Waals surface area contributed by atoms with Crippen LogP contribution in [0.4, 0.5) is 5.69 Å². The number of amides is 2. The first-order valence-corrected chi connectivity index (χ1v) is 9.11. The summed E-state index contributed by atoms with van der Waals surface area (Å²) < 4.78 is 5.43. The van der Waals surface area contributed by atoms with Crippen LogP contribution in [0.25, 0.3) is 0 Å². The van der Waals surface area contributed by atoms with Crippen molar-refractivity contribution in [1.82, 2.24) is 4.90 Å². The van der Waals surface area contributed by atoms with Gasteiger partial charge in [0, 0.05) is 29.9 Å². The molecule has 136 valence electrons. The number of nitrogens with one attached hydrogen (secondary N) is 1. The minimum absolute atomic E-state index is 0.0270. The zero-order valence-electron chi connectivity index (χ0n) is 15.0. The van der Waals surface area contributed by atoms with Crippen molar-refractivity contribution in [3.63, 3.8) is 0 Å². The summed E-state index contributed by atoms with van der Waals surface area (Å²) in [7, 11) is 0. The topological polar surface area (TPSA) is 58.6 Å². The Kier molecular flexibility index (Phi) is 5.89. The van der Waals surface area contributed by atoms with Gasteiger partial charge in [-0.3, -0.25) is 9.59 Å². The van der Waals surface area contributed by atoms with Gasteiger partial charge in [-0.25, -0.2) is 0 Å². The van der Waals surface area contributed by atoms with Crippen molar-refractivity contribution >= 4 is 17.5 Å². The standard InChI is InChI=1S/C21H24N2O3/c1-2-26-19-11-7-8-16(15-19)20(24)22-18-10-6-9-17(14-18)21(25)23-12-4-3-5-13-23/h6-11,14-15H,2-5,12-13H2,1H3,(H,22,24). The van der Waals surface area contributed by atoms with Gasteiger partial charge in [0.15, 0.2) is 0 Å². The second-order valence-electron chi connectivity index (χ2n) is 6.35. The van der Waals surface area contributed by atoms with Crippen LogP contribution in [-0.2, 0) is 0 Å². The largest absolute Gasteiger partial charge is 0.494 e. The number of piperidine rings is 1. The van der Waals surface area contributed by atoms with Crippen molar-refractivity contribution < 1.29 is 14.3 Å². The van der Waals surface area contributed by atoms with Gasteiger partial charge >= 0.3 is 0 Å². The number of likely N-dealkylation sites (tertiary alicyclic amines) is 1. The van der Waals surface area contributed by atoms with E-state index < -0.39 is 0 Å². The van der Waals surface area contributed by atoms with Crippen LogP contribution in [-0.4, -0.2) is 36.4 Å². The minimum atomic E-state index is -0.228. The predicted octanol–water partition coefficient (Wildman–Crippen LogP) is 3.96. The average Bonchev–Trinajstić information content (AvgIpc) is 2.69. The molecule has 2 aromatic carbocycles. The summed E-state index contributed by atoms with van der Waals surface area (Å²) in [6.07, 6.45) is 3.29. The van der Waals surface area contributed by atoms with E-state index in [-0.39, 0.29) is 11.8 Å². The lowest BCUT2D eigenvalue weighted by Crippen LogP contribution is -2.35. The highest BCUT2D eigenvalue weighted by Crippen LogP contribution is 2.18. The molecule has 1 aliphatic heterocycles. The highest BCUT2D eigenvalue weighted by molar-refractivity contribution is 6.05. The zero-order chi connectivity index (χ0) is 18.4. The number of anilines is 1. The highest BCUT2D eigenvalue weighted by atomic mass is 16.5. The van der Waals surface area contributed by atoms with Gasteiger partial charge in [0.1, 0.15) is 5.75 Å². The number of rotatable bonds is 5. The predicted molar refractivity (Wildman–Crippen MR) is 102 cm³/mol. The van der Waals surface area contributed by atoms with Crippen LogP contribution < -0.4 is 10.1 Å². The SMILES string of the molecule is CCOc1cccc(C(=O)Nc2cccc(C(=O)N3CCCCC3)c2)c1. The van der Waals surface area contributed by atoms with Crippen LogP contribution in [0.3, 0.4) is 0 Å². The van der Waals surface area contributed by atoms with Gasteiger partial charge in [-0.2, -0.15) is 0 Å². The molecule has 5 heteroatoms. The summed E-state index contributed by atoms with van der Waals surface area (Å²) in [6, 6.07) is 14.2. The molecule has 0 unspecified atom stereocenters. The maximum Gasteiger partial charge on any atom is 0.255 e. The molecule has 2 aromatic rings.